The molecule has 4 nitrogen and oxygen atoms in total. The van der Waals surface area contributed by atoms with Gasteiger partial charge in [-0.3, -0.25) is 9.78 Å². The van der Waals surface area contributed by atoms with Gasteiger partial charge in [0.15, 0.2) is 0 Å². The minimum absolute atomic E-state index is 0. The maximum Gasteiger partial charge on any atom is 0.229 e. The number of thiophene rings is 1. The summed E-state index contributed by atoms with van der Waals surface area (Å²) < 4.78 is 0. The van der Waals surface area contributed by atoms with E-state index in [0.29, 0.717) is 0 Å². The van der Waals surface area contributed by atoms with E-state index in [1.807, 2.05) is 36.5 Å². The Morgan fingerprint density at radius 2 is 2.04 bits per heavy atom. The first kappa shape index (κ1) is 19.7. The number of pyridine rings is 1. The van der Waals surface area contributed by atoms with Crippen LogP contribution in [0.5, 0.6) is 0 Å². The van der Waals surface area contributed by atoms with E-state index in [0.717, 1.165) is 29.5 Å². The fourth-order valence-electron chi connectivity index (χ4n) is 3.21. The van der Waals surface area contributed by atoms with E-state index < -0.39 is 0 Å². The van der Waals surface area contributed by atoms with Gasteiger partial charge in [0.05, 0.1) is 5.92 Å². The van der Waals surface area contributed by atoms with Gasteiger partial charge in [-0.15, -0.1) is 36.2 Å². The molecule has 7 heteroatoms. The molecule has 0 radical (unpaired) electrons. The Balaban J connectivity index is 0.00000113. The molecular formula is C18H19Cl2N3OS. The molecule has 1 aliphatic heterocycles. The predicted octanol–water partition coefficient (Wildman–Crippen LogP) is 4.08. The van der Waals surface area contributed by atoms with Crippen molar-refractivity contribution in [3.05, 3.63) is 59.0 Å². The number of nitrogens with one attached hydrogen (secondary N) is 2. The van der Waals surface area contributed by atoms with Crippen LogP contribution < -0.4 is 10.6 Å². The van der Waals surface area contributed by atoms with Gasteiger partial charge in [0, 0.05) is 52.7 Å². The van der Waals surface area contributed by atoms with Crippen LogP contribution in [0, 0.1) is 5.92 Å². The van der Waals surface area contributed by atoms with Crippen LogP contribution in [-0.4, -0.2) is 24.0 Å². The third kappa shape index (κ3) is 3.96. The molecule has 1 aromatic carbocycles. The fourth-order valence-corrected chi connectivity index (χ4v) is 4.11. The molecule has 4 rings (SSSR count). The lowest BCUT2D eigenvalue weighted by Crippen LogP contribution is -2.27. The van der Waals surface area contributed by atoms with Crippen molar-refractivity contribution in [1.29, 1.82) is 0 Å². The molecule has 3 aromatic rings. The van der Waals surface area contributed by atoms with Crippen LogP contribution >= 0.6 is 36.2 Å². The van der Waals surface area contributed by atoms with Crippen LogP contribution in [-0.2, 0) is 4.79 Å². The number of amides is 1. The first-order chi connectivity index (χ1) is 11.3. The van der Waals surface area contributed by atoms with Crippen LogP contribution in [0.15, 0.2) is 54.2 Å². The highest BCUT2D eigenvalue weighted by Crippen LogP contribution is 2.32. The van der Waals surface area contributed by atoms with E-state index in [2.05, 4.69) is 27.1 Å². The molecule has 2 aromatic heterocycles. The van der Waals surface area contributed by atoms with E-state index in [-0.39, 0.29) is 42.6 Å². The molecule has 0 spiro atoms. The highest BCUT2D eigenvalue weighted by atomic mass is 35.5. The van der Waals surface area contributed by atoms with Crippen molar-refractivity contribution in [2.24, 2.45) is 5.92 Å². The standard InChI is InChI=1S/C18H17N3OS.2ClH/c22-18(15-11-20-10-14(15)17-5-2-8-23-17)21-16-4-1-3-12-9-19-7-6-13(12)16;;/h1-9,14-15,20H,10-11H2,(H,21,22);2*1H/t14-,15-;;/m0../s1. The lowest BCUT2D eigenvalue weighted by atomic mass is 9.93. The van der Waals surface area contributed by atoms with Gasteiger partial charge in [-0.1, -0.05) is 18.2 Å². The molecule has 1 amide bonds. The zero-order valence-corrected chi connectivity index (χ0v) is 15.8. The van der Waals surface area contributed by atoms with E-state index in [1.165, 1.54) is 4.88 Å². The number of hydrogen-bond donors (Lipinski definition) is 2. The Morgan fingerprint density at radius 3 is 2.84 bits per heavy atom. The molecule has 1 aliphatic rings. The van der Waals surface area contributed by atoms with E-state index in [9.17, 15) is 4.79 Å². The maximum atomic E-state index is 12.8. The largest absolute Gasteiger partial charge is 0.325 e. The smallest absolute Gasteiger partial charge is 0.229 e. The normalized spacial score (nSPS) is 19.0. The molecular weight excluding hydrogens is 377 g/mol. The van der Waals surface area contributed by atoms with Crippen molar-refractivity contribution in [3.63, 3.8) is 0 Å². The van der Waals surface area contributed by atoms with Crippen molar-refractivity contribution in [1.82, 2.24) is 10.3 Å². The van der Waals surface area contributed by atoms with E-state index >= 15 is 0 Å². The lowest BCUT2D eigenvalue weighted by Gasteiger charge is -2.17. The third-order valence-electron chi connectivity index (χ3n) is 4.40. The highest BCUT2D eigenvalue weighted by molar-refractivity contribution is 7.10. The van der Waals surface area contributed by atoms with E-state index in [4.69, 9.17) is 0 Å². The first-order valence-electron chi connectivity index (χ1n) is 7.70. The quantitative estimate of drug-likeness (QED) is 0.702. The van der Waals surface area contributed by atoms with Crippen LogP contribution in [0.2, 0.25) is 0 Å². The number of halogens is 2. The summed E-state index contributed by atoms with van der Waals surface area (Å²) in [5.74, 6) is 0.301. The van der Waals surface area contributed by atoms with Crippen LogP contribution in [0.1, 0.15) is 10.8 Å². The number of fused-ring (bicyclic) bond motifs is 1. The Labute approximate surface area is 162 Å². The molecule has 25 heavy (non-hydrogen) atoms. The van der Waals surface area contributed by atoms with Crippen molar-refractivity contribution < 1.29 is 4.79 Å². The highest BCUT2D eigenvalue weighted by Gasteiger charge is 2.34. The Bertz CT molecular complexity index is 836. The molecule has 132 valence electrons. The summed E-state index contributed by atoms with van der Waals surface area (Å²) in [7, 11) is 0. The second kappa shape index (κ2) is 8.63. The van der Waals surface area contributed by atoms with E-state index in [1.54, 1.807) is 17.5 Å². The van der Waals surface area contributed by atoms with Gasteiger partial charge < -0.3 is 10.6 Å². The number of benzene rings is 1. The van der Waals surface area contributed by atoms with Gasteiger partial charge in [0.25, 0.3) is 0 Å². The van der Waals surface area contributed by atoms with Gasteiger partial charge in [0.2, 0.25) is 5.91 Å². The Morgan fingerprint density at radius 1 is 1.16 bits per heavy atom. The summed E-state index contributed by atoms with van der Waals surface area (Å²) >= 11 is 1.72. The molecule has 3 heterocycles. The monoisotopic (exact) mass is 395 g/mol. The van der Waals surface area contributed by atoms with Crippen LogP contribution in [0.25, 0.3) is 10.8 Å². The molecule has 1 fully saturated rings. The maximum absolute atomic E-state index is 12.8. The molecule has 0 unspecified atom stereocenters. The van der Waals surface area contributed by atoms with Crippen molar-refractivity contribution >= 4 is 58.5 Å². The molecule has 2 atom stereocenters. The molecule has 2 N–H and O–H groups in total. The number of aromatic nitrogens is 1. The van der Waals surface area contributed by atoms with Gasteiger partial charge in [-0.05, 0) is 23.6 Å². The lowest BCUT2D eigenvalue weighted by molar-refractivity contribution is -0.119. The first-order valence-corrected chi connectivity index (χ1v) is 8.58. The van der Waals surface area contributed by atoms with Gasteiger partial charge in [-0.2, -0.15) is 0 Å². The van der Waals surface area contributed by atoms with Crippen molar-refractivity contribution in [2.75, 3.05) is 18.4 Å². The molecule has 1 saturated heterocycles. The number of nitrogens with zero attached hydrogens (tertiary/aromatic N) is 1. The minimum atomic E-state index is -0.0363. The zero-order chi connectivity index (χ0) is 15.6. The predicted molar refractivity (Wildman–Crippen MR) is 108 cm³/mol. The summed E-state index contributed by atoms with van der Waals surface area (Å²) in [6, 6.07) is 12.0. The summed E-state index contributed by atoms with van der Waals surface area (Å²) in [5, 5.41) is 10.6. The zero-order valence-electron chi connectivity index (χ0n) is 13.3. The second-order valence-corrected chi connectivity index (χ2v) is 6.76. The van der Waals surface area contributed by atoms with Crippen LogP contribution in [0.3, 0.4) is 0 Å². The topological polar surface area (TPSA) is 54.0 Å². The number of hydrogen-bond acceptors (Lipinski definition) is 4. The van der Waals surface area contributed by atoms with Gasteiger partial charge >= 0.3 is 0 Å². The fraction of sp³-hybridized carbons (Fsp3) is 0.222. The summed E-state index contributed by atoms with van der Waals surface area (Å²) in [4.78, 5) is 18.2. The van der Waals surface area contributed by atoms with Crippen molar-refractivity contribution in [3.8, 4) is 0 Å². The van der Waals surface area contributed by atoms with Gasteiger partial charge in [-0.25, -0.2) is 0 Å². The average molecular weight is 396 g/mol. The average Bonchev–Trinajstić information content (AvgIpc) is 3.26. The number of carbonyl (C=O) groups is 1. The molecule has 0 bridgehead atoms. The number of anilines is 1. The van der Waals surface area contributed by atoms with Crippen molar-refractivity contribution in [2.45, 2.75) is 5.92 Å². The Hall–Kier alpha value is -1.66. The third-order valence-corrected chi connectivity index (χ3v) is 5.40. The summed E-state index contributed by atoms with van der Waals surface area (Å²) in [6.07, 6.45) is 3.57. The van der Waals surface area contributed by atoms with Crippen LogP contribution in [0.4, 0.5) is 5.69 Å². The minimum Gasteiger partial charge on any atom is -0.325 e. The molecule has 0 aliphatic carbocycles. The Kier molecular flexibility index (Phi) is 6.79. The molecule has 0 saturated carbocycles. The number of carbonyl (C=O) groups excluding carboxylic acids is 1. The summed E-state index contributed by atoms with van der Waals surface area (Å²) in [5.41, 5.74) is 0.853. The second-order valence-electron chi connectivity index (χ2n) is 5.78. The SMILES string of the molecule is Cl.Cl.O=C(Nc1cccc2cnccc12)[C@H]1CNC[C@@H]1c1cccs1. The number of rotatable bonds is 3. The summed E-state index contributed by atoms with van der Waals surface area (Å²) in [6.45, 7) is 1.58. The van der Waals surface area contributed by atoms with Gasteiger partial charge in [0.1, 0.15) is 0 Å².